The van der Waals surface area contributed by atoms with Crippen molar-refractivity contribution in [1.29, 1.82) is 5.26 Å². The van der Waals surface area contributed by atoms with Crippen LogP contribution in [0.3, 0.4) is 0 Å². The van der Waals surface area contributed by atoms with Gasteiger partial charge in [0.2, 0.25) is 0 Å². The number of benzene rings is 1. The molecule has 1 atom stereocenters. The van der Waals surface area contributed by atoms with Gasteiger partial charge in [-0.25, -0.2) is 0 Å². The van der Waals surface area contributed by atoms with E-state index in [0.717, 1.165) is 37.4 Å². The average Bonchev–Trinajstić information content (AvgIpc) is 3.25. The number of carbonyl (C=O) groups is 1. The highest BCUT2D eigenvalue weighted by molar-refractivity contribution is 7.10. The smallest absolute Gasteiger partial charge is 0.262 e. The predicted molar refractivity (Wildman–Crippen MR) is 114 cm³/mol. The molecule has 0 radical (unpaired) electrons. The molecule has 0 bridgehead atoms. The summed E-state index contributed by atoms with van der Waals surface area (Å²) in [5, 5.41) is 20.2. The first-order valence-corrected chi connectivity index (χ1v) is 10.6. The quantitative estimate of drug-likeness (QED) is 0.345. The lowest BCUT2D eigenvalue weighted by molar-refractivity contribution is -0.117. The minimum Gasteiger partial charge on any atom is -0.494 e. The normalized spacial score (nSPS) is 12.4. The summed E-state index contributed by atoms with van der Waals surface area (Å²) >= 11 is 1.27. The van der Waals surface area contributed by atoms with Crippen LogP contribution in [-0.2, 0) is 4.79 Å². The van der Waals surface area contributed by atoms with Gasteiger partial charge in [-0.05, 0) is 50.2 Å². The summed E-state index contributed by atoms with van der Waals surface area (Å²) in [4.78, 5) is 14.8. The molecule has 7 nitrogen and oxygen atoms in total. The molecule has 29 heavy (non-hydrogen) atoms. The van der Waals surface area contributed by atoms with Gasteiger partial charge in [-0.15, -0.1) is 21.5 Å². The largest absolute Gasteiger partial charge is 0.494 e. The second-order valence-corrected chi connectivity index (χ2v) is 7.31. The lowest BCUT2D eigenvalue weighted by Gasteiger charge is -2.18. The van der Waals surface area contributed by atoms with Gasteiger partial charge in [-0.3, -0.25) is 4.79 Å². The third-order valence-electron chi connectivity index (χ3n) is 4.50. The van der Waals surface area contributed by atoms with Crippen molar-refractivity contribution in [3.05, 3.63) is 45.9 Å². The molecule has 0 spiro atoms. The number of amides is 1. The van der Waals surface area contributed by atoms with Gasteiger partial charge in [0.15, 0.2) is 0 Å². The van der Waals surface area contributed by atoms with E-state index in [1.807, 2.05) is 37.3 Å². The molecule has 0 fully saturated rings. The van der Waals surface area contributed by atoms with Crippen molar-refractivity contribution in [2.45, 2.75) is 33.2 Å². The van der Waals surface area contributed by atoms with Crippen LogP contribution in [0.4, 0.5) is 0 Å². The van der Waals surface area contributed by atoms with Crippen LogP contribution >= 0.6 is 11.3 Å². The summed E-state index contributed by atoms with van der Waals surface area (Å²) in [5.74, 6) is 0.328. The SMILES string of the molecule is CCN(CC)CCCOc1cccc(C(C)NC(=O)/C(C#N)=C/c2nncs2)c1. The Bertz CT molecular complexity index is 841. The Labute approximate surface area is 176 Å². The maximum Gasteiger partial charge on any atom is 0.262 e. The molecule has 1 amide bonds. The number of aromatic nitrogens is 2. The second kappa shape index (κ2) is 11.9. The first-order valence-electron chi connectivity index (χ1n) is 9.71. The summed E-state index contributed by atoms with van der Waals surface area (Å²) < 4.78 is 5.86. The fourth-order valence-corrected chi connectivity index (χ4v) is 3.25. The summed E-state index contributed by atoms with van der Waals surface area (Å²) in [7, 11) is 0. The molecule has 1 N–H and O–H groups in total. The van der Waals surface area contributed by atoms with Crippen LogP contribution < -0.4 is 10.1 Å². The fourth-order valence-electron chi connectivity index (χ4n) is 2.77. The van der Waals surface area contributed by atoms with Gasteiger partial charge in [0, 0.05) is 6.54 Å². The highest BCUT2D eigenvalue weighted by Gasteiger charge is 2.15. The fraction of sp³-hybridized carbons (Fsp3) is 0.429. The molecule has 1 aromatic carbocycles. The van der Waals surface area contributed by atoms with Gasteiger partial charge < -0.3 is 15.0 Å². The van der Waals surface area contributed by atoms with Crippen molar-refractivity contribution < 1.29 is 9.53 Å². The first kappa shape index (κ1) is 22.5. The van der Waals surface area contributed by atoms with Crippen molar-refractivity contribution in [1.82, 2.24) is 20.4 Å². The molecule has 1 unspecified atom stereocenters. The number of nitrogens with one attached hydrogen (secondary N) is 1. The number of rotatable bonds is 11. The molecule has 0 aliphatic heterocycles. The number of nitriles is 1. The van der Waals surface area contributed by atoms with Crippen LogP contribution in [0, 0.1) is 11.3 Å². The maximum atomic E-state index is 12.4. The highest BCUT2D eigenvalue weighted by atomic mass is 32.1. The van der Waals surface area contributed by atoms with E-state index < -0.39 is 5.91 Å². The van der Waals surface area contributed by atoms with Gasteiger partial charge in [0.25, 0.3) is 5.91 Å². The lowest BCUT2D eigenvalue weighted by Crippen LogP contribution is -2.27. The van der Waals surface area contributed by atoms with E-state index in [0.29, 0.717) is 11.6 Å². The van der Waals surface area contributed by atoms with Gasteiger partial charge >= 0.3 is 0 Å². The molecule has 2 rings (SSSR count). The molecule has 0 saturated carbocycles. The first-order chi connectivity index (χ1) is 14.1. The minimum atomic E-state index is -0.444. The number of carbonyl (C=O) groups excluding carboxylic acids is 1. The standard InChI is InChI=1S/C21H27N5O2S/c1-4-26(5-2)10-7-11-28-19-9-6-8-17(12-19)16(3)24-21(27)18(14-22)13-20-25-23-15-29-20/h6,8-9,12-13,15-16H,4-5,7,10-11H2,1-3H3,(H,24,27)/b18-13+. The molecule has 0 saturated heterocycles. The number of nitrogens with zero attached hydrogens (tertiary/aromatic N) is 4. The molecule has 0 aliphatic carbocycles. The summed E-state index contributed by atoms with van der Waals surface area (Å²) in [5.41, 5.74) is 2.46. The second-order valence-electron chi connectivity index (χ2n) is 6.44. The minimum absolute atomic E-state index is 0.00240. The Kier molecular flexibility index (Phi) is 9.28. The van der Waals surface area contributed by atoms with Crippen molar-refractivity contribution in [2.24, 2.45) is 0 Å². The monoisotopic (exact) mass is 413 g/mol. The van der Waals surface area contributed by atoms with Crippen LogP contribution in [0.1, 0.15) is 43.8 Å². The third kappa shape index (κ3) is 7.29. The van der Waals surface area contributed by atoms with E-state index in [2.05, 4.69) is 34.3 Å². The van der Waals surface area contributed by atoms with E-state index in [9.17, 15) is 10.1 Å². The van der Waals surface area contributed by atoms with Gasteiger partial charge in [0.05, 0.1) is 12.6 Å². The van der Waals surface area contributed by atoms with E-state index in [1.54, 1.807) is 5.51 Å². The van der Waals surface area contributed by atoms with Crippen molar-refractivity contribution in [3.8, 4) is 11.8 Å². The molecule has 1 heterocycles. The lowest BCUT2D eigenvalue weighted by atomic mass is 10.1. The molecule has 154 valence electrons. The van der Waals surface area contributed by atoms with Crippen molar-refractivity contribution >= 4 is 23.3 Å². The van der Waals surface area contributed by atoms with E-state index in [4.69, 9.17) is 4.74 Å². The van der Waals surface area contributed by atoms with Gasteiger partial charge in [0.1, 0.15) is 27.9 Å². The topological polar surface area (TPSA) is 91.1 Å². The molecule has 8 heteroatoms. The van der Waals surface area contributed by atoms with E-state index >= 15 is 0 Å². The van der Waals surface area contributed by atoms with Crippen LogP contribution in [0.25, 0.3) is 6.08 Å². The zero-order chi connectivity index (χ0) is 21.1. The van der Waals surface area contributed by atoms with Crippen LogP contribution in [0.5, 0.6) is 5.75 Å². The number of hydrogen-bond donors (Lipinski definition) is 1. The molecule has 2 aromatic rings. The molecule has 0 aliphatic rings. The van der Waals surface area contributed by atoms with Crippen molar-refractivity contribution in [2.75, 3.05) is 26.2 Å². The van der Waals surface area contributed by atoms with Crippen molar-refractivity contribution in [3.63, 3.8) is 0 Å². The Balaban J connectivity index is 1.92. The van der Waals surface area contributed by atoms with Crippen LogP contribution in [-0.4, -0.2) is 47.2 Å². The zero-order valence-electron chi connectivity index (χ0n) is 17.1. The Morgan fingerprint density at radius 3 is 2.86 bits per heavy atom. The Morgan fingerprint density at radius 2 is 2.21 bits per heavy atom. The molecular formula is C21H27N5O2S. The van der Waals surface area contributed by atoms with E-state index in [1.165, 1.54) is 17.4 Å². The Morgan fingerprint density at radius 1 is 1.41 bits per heavy atom. The third-order valence-corrected chi connectivity index (χ3v) is 5.14. The van der Waals surface area contributed by atoms with Crippen LogP contribution in [0.2, 0.25) is 0 Å². The highest BCUT2D eigenvalue weighted by Crippen LogP contribution is 2.20. The summed E-state index contributed by atoms with van der Waals surface area (Å²) in [6.07, 6.45) is 2.40. The van der Waals surface area contributed by atoms with Gasteiger partial charge in [-0.1, -0.05) is 26.0 Å². The number of hydrogen-bond acceptors (Lipinski definition) is 7. The average molecular weight is 414 g/mol. The number of ether oxygens (including phenoxy) is 1. The summed E-state index contributed by atoms with van der Waals surface area (Å²) in [6, 6.07) is 9.31. The predicted octanol–water partition coefficient (Wildman–Crippen LogP) is 3.43. The van der Waals surface area contributed by atoms with Gasteiger partial charge in [-0.2, -0.15) is 5.26 Å². The molecule has 1 aromatic heterocycles. The summed E-state index contributed by atoms with van der Waals surface area (Å²) in [6.45, 7) is 9.93. The van der Waals surface area contributed by atoms with E-state index in [-0.39, 0.29) is 11.6 Å². The zero-order valence-corrected chi connectivity index (χ0v) is 17.9. The Hall–Kier alpha value is -2.76. The van der Waals surface area contributed by atoms with Crippen LogP contribution in [0.15, 0.2) is 35.3 Å². The maximum absolute atomic E-state index is 12.4. The molecular weight excluding hydrogens is 386 g/mol.